The molecular weight excluding hydrogens is 260 g/mol. The third kappa shape index (κ3) is 17.8. The number of rotatable bonds is 17. The smallest absolute Gasteiger partial charge is 0.0488 e. The second-order valence-electron chi connectivity index (χ2n) is 4.76. The Kier molecular flexibility index (Phi) is 18.6. The molecule has 0 aromatic heterocycles. The van der Waals surface area contributed by atoms with Gasteiger partial charge in [0.2, 0.25) is 0 Å². The van der Waals surface area contributed by atoms with Gasteiger partial charge in [0.25, 0.3) is 0 Å². The van der Waals surface area contributed by atoms with Crippen molar-refractivity contribution in [1.82, 2.24) is 0 Å². The van der Waals surface area contributed by atoms with Crippen molar-refractivity contribution < 1.29 is 24.4 Å². The van der Waals surface area contributed by atoms with Gasteiger partial charge in [0.15, 0.2) is 0 Å². The van der Waals surface area contributed by atoms with Crippen molar-refractivity contribution in [3.63, 3.8) is 0 Å². The first-order chi connectivity index (χ1) is 9.91. The molecule has 0 saturated carbocycles. The van der Waals surface area contributed by atoms with Crippen LogP contribution >= 0.6 is 0 Å². The number of ether oxygens (including phenoxy) is 3. The lowest BCUT2D eigenvalue weighted by atomic mass is 10.2. The maximum Gasteiger partial charge on any atom is 0.0488 e. The van der Waals surface area contributed by atoms with Crippen LogP contribution < -0.4 is 0 Å². The van der Waals surface area contributed by atoms with E-state index in [-0.39, 0.29) is 13.2 Å². The van der Waals surface area contributed by atoms with Crippen molar-refractivity contribution in [2.75, 3.05) is 52.9 Å². The van der Waals surface area contributed by atoms with E-state index in [2.05, 4.69) is 0 Å². The van der Waals surface area contributed by atoms with Crippen molar-refractivity contribution >= 4 is 0 Å². The van der Waals surface area contributed by atoms with Gasteiger partial charge in [0, 0.05) is 52.9 Å². The molecule has 0 bridgehead atoms. The summed E-state index contributed by atoms with van der Waals surface area (Å²) in [6.07, 6.45) is 6.90. The van der Waals surface area contributed by atoms with Gasteiger partial charge in [0.05, 0.1) is 0 Å². The van der Waals surface area contributed by atoms with E-state index in [0.717, 1.165) is 45.5 Å². The molecule has 0 aliphatic rings. The topological polar surface area (TPSA) is 68.2 Å². The second kappa shape index (κ2) is 18.8. The third-order valence-electron chi connectivity index (χ3n) is 2.80. The van der Waals surface area contributed by atoms with Gasteiger partial charge in [-0.3, -0.25) is 0 Å². The average Bonchev–Trinajstić information content (AvgIpc) is 2.47. The van der Waals surface area contributed by atoms with Crippen LogP contribution in [0.3, 0.4) is 0 Å². The Morgan fingerprint density at radius 3 is 1.15 bits per heavy atom. The molecule has 0 aromatic rings. The predicted octanol–water partition coefficient (Wildman–Crippen LogP) is 1.75. The molecule has 122 valence electrons. The van der Waals surface area contributed by atoms with Gasteiger partial charge in [-0.2, -0.15) is 0 Å². The summed E-state index contributed by atoms with van der Waals surface area (Å²) in [5.41, 5.74) is 0. The standard InChI is InChI=1S/C15H32O5/c16-8-5-12-18-10-3-1-2-4-11-19-14-7-15-20-13-6-9-17/h16-17H,1-15H2. The van der Waals surface area contributed by atoms with Crippen molar-refractivity contribution in [1.29, 1.82) is 0 Å². The fourth-order valence-electron chi connectivity index (χ4n) is 1.66. The molecule has 0 aliphatic heterocycles. The molecule has 0 aliphatic carbocycles. The van der Waals surface area contributed by atoms with Gasteiger partial charge in [-0.25, -0.2) is 0 Å². The average molecular weight is 292 g/mol. The summed E-state index contributed by atoms with van der Waals surface area (Å²) in [5, 5.41) is 17.1. The Bertz CT molecular complexity index is 148. The molecule has 0 amide bonds. The highest BCUT2D eigenvalue weighted by Crippen LogP contribution is 2.01. The van der Waals surface area contributed by atoms with Crippen LogP contribution in [0.5, 0.6) is 0 Å². The van der Waals surface area contributed by atoms with Crippen molar-refractivity contribution in [3.8, 4) is 0 Å². The highest BCUT2D eigenvalue weighted by Gasteiger charge is 1.93. The molecule has 0 spiro atoms. The number of unbranched alkanes of at least 4 members (excludes halogenated alkanes) is 3. The largest absolute Gasteiger partial charge is 0.396 e. The molecule has 0 saturated heterocycles. The first kappa shape index (κ1) is 19.8. The first-order valence-corrected chi connectivity index (χ1v) is 7.86. The van der Waals surface area contributed by atoms with Crippen LogP contribution in [0.15, 0.2) is 0 Å². The van der Waals surface area contributed by atoms with Crippen LogP contribution in [0.25, 0.3) is 0 Å². The highest BCUT2D eigenvalue weighted by atomic mass is 16.5. The quantitative estimate of drug-likeness (QED) is 0.400. The van der Waals surface area contributed by atoms with E-state index in [9.17, 15) is 0 Å². The third-order valence-corrected chi connectivity index (χ3v) is 2.80. The lowest BCUT2D eigenvalue weighted by molar-refractivity contribution is 0.0743. The highest BCUT2D eigenvalue weighted by molar-refractivity contribution is 4.44. The summed E-state index contributed by atoms with van der Waals surface area (Å²) < 4.78 is 16.2. The van der Waals surface area contributed by atoms with Gasteiger partial charge in [-0.15, -0.1) is 0 Å². The van der Waals surface area contributed by atoms with Crippen molar-refractivity contribution in [2.45, 2.75) is 44.9 Å². The van der Waals surface area contributed by atoms with Gasteiger partial charge in [-0.1, -0.05) is 12.8 Å². The van der Waals surface area contributed by atoms with Gasteiger partial charge in [-0.05, 0) is 32.1 Å². The number of hydrogen-bond donors (Lipinski definition) is 2. The molecule has 0 unspecified atom stereocenters. The molecule has 5 heteroatoms. The molecule has 0 fully saturated rings. The first-order valence-electron chi connectivity index (χ1n) is 7.86. The Morgan fingerprint density at radius 2 is 0.750 bits per heavy atom. The number of aliphatic hydroxyl groups excluding tert-OH is 2. The van der Waals surface area contributed by atoms with E-state index in [4.69, 9.17) is 24.4 Å². The fraction of sp³-hybridized carbons (Fsp3) is 1.00. The summed E-state index contributed by atoms with van der Waals surface area (Å²) in [5.74, 6) is 0. The Hall–Kier alpha value is -0.200. The van der Waals surface area contributed by atoms with Gasteiger partial charge >= 0.3 is 0 Å². The summed E-state index contributed by atoms with van der Waals surface area (Å²) in [4.78, 5) is 0. The fourth-order valence-corrected chi connectivity index (χ4v) is 1.66. The second-order valence-corrected chi connectivity index (χ2v) is 4.76. The lowest BCUT2D eigenvalue weighted by Crippen LogP contribution is -2.04. The minimum atomic E-state index is 0.197. The minimum Gasteiger partial charge on any atom is -0.396 e. The zero-order valence-electron chi connectivity index (χ0n) is 12.7. The summed E-state index contributed by atoms with van der Waals surface area (Å²) in [6, 6.07) is 0. The summed E-state index contributed by atoms with van der Waals surface area (Å²) >= 11 is 0. The SMILES string of the molecule is OCCCOCCCCCCOCCCOCCCO. The van der Waals surface area contributed by atoms with Crippen LogP contribution in [0.2, 0.25) is 0 Å². The molecular formula is C15H32O5. The van der Waals surface area contributed by atoms with E-state index >= 15 is 0 Å². The molecule has 2 N–H and O–H groups in total. The molecule has 0 rings (SSSR count). The monoisotopic (exact) mass is 292 g/mol. The molecule has 0 atom stereocenters. The van der Waals surface area contributed by atoms with Gasteiger partial charge < -0.3 is 24.4 Å². The van der Waals surface area contributed by atoms with E-state index < -0.39 is 0 Å². The zero-order valence-corrected chi connectivity index (χ0v) is 12.7. The van der Waals surface area contributed by atoms with Crippen LogP contribution in [-0.2, 0) is 14.2 Å². The Labute approximate surface area is 123 Å². The molecule has 0 aromatic carbocycles. The normalized spacial score (nSPS) is 11.1. The summed E-state index contributed by atoms with van der Waals surface area (Å²) in [7, 11) is 0. The molecule has 0 heterocycles. The van der Waals surface area contributed by atoms with Crippen LogP contribution in [0.4, 0.5) is 0 Å². The van der Waals surface area contributed by atoms with Gasteiger partial charge in [0.1, 0.15) is 0 Å². The van der Waals surface area contributed by atoms with Crippen LogP contribution in [0.1, 0.15) is 44.9 Å². The van der Waals surface area contributed by atoms with Crippen molar-refractivity contribution in [2.24, 2.45) is 0 Å². The van der Waals surface area contributed by atoms with E-state index in [0.29, 0.717) is 26.2 Å². The van der Waals surface area contributed by atoms with Crippen LogP contribution in [-0.4, -0.2) is 63.1 Å². The predicted molar refractivity (Wildman–Crippen MR) is 78.9 cm³/mol. The minimum absolute atomic E-state index is 0.197. The summed E-state index contributed by atoms with van der Waals surface area (Å²) in [6.45, 7) is 4.80. The molecule has 0 radical (unpaired) electrons. The maximum absolute atomic E-state index is 8.57. The van der Waals surface area contributed by atoms with E-state index in [1.807, 2.05) is 0 Å². The van der Waals surface area contributed by atoms with Crippen LogP contribution in [0, 0.1) is 0 Å². The van der Waals surface area contributed by atoms with Crippen molar-refractivity contribution in [3.05, 3.63) is 0 Å². The molecule has 20 heavy (non-hydrogen) atoms. The molecule has 5 nitrogen and oxygen atoms in total. The Balaban J connectivity index is 2.89. The zero-order chi connectivity index (χ0) is 14.7. The Morgan fingerprint density at radius 1 is 0.400 bits per heavy atom. The number of aliphatic hydroxyl groups is 2. The lowest BCUT2D eigenvalue weighted by Gasteiger charge is -2.06. The van der Waals surface area contributed by atoms with E-state index in [1.54, 1.807) is 0 Å². The maximum atomic E-state index is 8.57. The van der Waals surface area contributed by atoms with E-state index in [1.165, 1.54) is 12.8 Å². The number of hydrogen-bond acceptors (Lipinski definition) is 5.